The summed E-state index contributed by atoms with van der Waals surface area (Å²) in [6.07, 6.45) is 1.97. The van der Waals surface area contributed by atoms with E-state index < -0.39 is 15.8 Å². The molecule has 0 aliphatic carbocycles. The van der Waals surface area contributed by atoms with Crippen molar-refractivity contribution in [1.82, 2.24) is 0 Å². The fourth-order valence-electron chi connectivity index (χ4n) is 3.64. The van der Waals surface area contributed by atoms with Crippen LogP contribution in [0.25, 0.3) is 0 Å². The number of hydrogen-bond donors (Lipinski definition) is 0. The van der Waals surface area contributed by atoms with Crippen molar-refractivity contribution in [2.75, 3.05) is 16.4 Å². The summed E-state index contributed by atoms with van der Waals surface area (Å²) in [5, 5.41) is 0. The molecule has 2 aromatic carbocycles. The van der Waals surface area contributed by atoms with Gasteiger partial charge in [0, 0.05) is 11.8 Å². The molecule has 7 heteroatoms. The molecule has 0 aromatic heterocycles. The second-order valence-corrected chi connectivity index (χ2v) is 9.46. The number of carbonyl (C=O) groups is 2. The van der Waals surface area contributed by atoms with Crippen molar-refractivity contribution in [2.24, 2.45) is 4.99 Å². The van der Waals surface area contributed by atoms with Crippen LogP contribution in [0.15, 0.2) is 53.5 Å². The number of imide groups is 1. The number of amides is 2. The van der Waals surface area contributed by atoms with Gasteiger partial charge < -0.3 is 0 Å². The van der Waals surface area contributed by atoms with Crippen molar-refractivity contribution < 1.29 is 18.0 Å². The molecule has 2 aliphatic heterocycles. The van der Waals surface area contributed by atoms with Gasteiger partial charge in [0.25, 0.3) is 5.91 Å². The van der Waals surface area contributed by atoms with E-state index in [1.54, 1.807) is 36.4 Å². The number of anilines is 1. The van der Waals surface area contributed by atoms with Gasteiger partial charge in [0.1, 0.15) is 0 Å². The fourth-order valence-corrected chi connectivity index (χ4v) is 5.28. The highest BCUT2D eigenvalue weighted by Crippen LogP contribution is 2.32. The summed E-state index contributed by atoms with van der Waals surface area (Å²) in [4.78, 5) is 31.8. The lowest BCUT2D eigenvalue weighted by atomic mass is 9.88. The van der Waals surface area contributed by atoms with E-state index in [0.29, 0.717) is 23.2 Å². The van der Waals surface area contributed by atoms with Crippen molar-refractivity contribution in [3.05, 3.63) is 65.2 Å². The van der Waals surface area contributed by atoms with Gasteiger partial charge in [-0.1, -0.05) is 35.9 Å². The van der Waals surface area contributed by atoms with E-state index in [2.05, 4.69) is 4.99 Å². The van der Waals surface area contributed by atoms with E-state index >= 15 is 0 Å². The van der Waals surface area contributed by atoms with Gasteiger partial charge >= 0.3 is 0 Å². The standard InChI is InChI=1S/C21H20N2O4S/c1-14-6-8-16(9-7-14)23-20(24)18-5-3-2-4-17(18)19(21(23)25)12-22-15-10-11-28(26,27)13-15/h2-9,12,15,19H,10-11,13H2,1H3/t15-,19+/m0/s1. The first-order valence-electron chi connectivity index (χ1n) is 9.13. The van der Waals surface area contributed by atoms with Crippen molar-refractivity contribution in [3.8, 4) is 0 Å². The fraction of sp³-hybridized carbons (Fsp3) is 0.286. The number of nitrogens with zero attached hydrogens (tertiary/aromatic N) is 2. The predicted octanol–water partition coefficient (Wildman–Crippen LogP) is 2.52. The monoisotopic (exact) mass is 396 g/mol. The summed E-state index contributed by atoms with van der Waals surface area (Å²) in [6, 6.07) is 13.8. The normalized spacial score (nSPS) is 24.0. The second kappa shape index (κ2) is 6.98. The first-order valence-corrected chi connectivity index (χ1v) is 11.0. The molecule has 0 bridgehead atoms. The first kappa shape index (κ1) is 18.6. The molecule has 0 radical (unpaired) electrons. The molecule has 2 atom stereocenters. The average molecular weight is 396 g/mol. The van der Waals surface area contributed by atoms with Gasteiger partial charge in [0.15, 0.2) is 9.84 Å². The third-order valence-electron chi connectivity index (χ3n) is 5.16. The first-order chi connectivity index (χ1) is 13.4. The highest BCUT2D eigenvalue weighted by Gasteiger charge is 2.39. The van der Waals surface area contributed by atoms with Crippen LogP contribution in [0.3, 0.4) is 0 Å². The van der Waals surface area contributed by atoms with Crippen LogP contribution in [-0.2, 0) is 14.6 Å². The lowest BCUT2D eigenvalue weighted by Crippen LogP contribution is -2.45. The Kier molecular flexibility index (Phi) is 4.63. The molecule has 4 rings (SSSR count). The van der Waals surface area contributed by atoms with Crippen molar-refractivity contribution in [1.29, 1.82) is 0 Å². The molecule has 2 heterocycles. The van der Waals surface area contributed by atoms with Gasteiger partial charge in [-0.25, -0.2) is 13.3 Å². The minimum absolute atomic E-state index is 0.00661. The highest BCUT2D eigenvalue weighted by atomic mass is 32.2. The largest absolute Gasteiger partial charge is 0.292 e. The molecule has 2 aliphatic rings. The Bertz CT molecular complexity index is 1070. The zero-order valence-corrected chi connectivity index (χ0v) is 16.2. The molecule has 144 valence electrons. The van der Waals surface area contributed by atoms with Gasteiger partial charge in [-0.3, -0.25) is 14.6 Å². The number of benzene rings is 2. The minimum atomic E-state index is -3.05. The Balaban J connectivity index is 1.72. The molecular weight excluding hydrogens is 376 g/mol. The lowest BCUT2D eigenvalue weighted by molar-refractivity contribution is -0.118. The summed E-state index contributed by atoms with van der Waals surface area (Å²) >= 11 is 0. The van der Waals surface area contributed by atoms with Crippen LogP contribution in [0.5, 0.6) is 0 Å². The lowest BCUT2D eigenvalue weighted by Gasteiger charge is -2.31. The number of sulfone groups is 1. The Morgan fingerprint density at radius 2 is 1.79 bits per heavy atom. The van der Waals surface area contributed by atoms with E-state index in [4.69, 9.17) is 0 Å². The molecular formula is C21H20N2O4S. The highest BCUT2D eigenvalue weighted by molar-refractivity contribution is 7.91. The van der Waals surface area contributed by atoms with E-state index in [1.165, 1.54) is 11.1 Å². The molecule has 0 spiro atoms. The molecule has 1 saturated heterocycles. The zero-order chi connectivity index (χ0) is 19.9. The maximum absolute atomic E-state index is 13.2. The summed E-state index contributed by atoms with van der Waals surface area (Å²) in [6.45, 7) is 1.93. The van der Waals surface area contributed by atoms with Crippen LogP contribution in [-0.4, -0.2) is 44.0 Å². The maximum Gasteiger partial charge on any atom is 0.265 e. The van der Waals surface area contributed by atoms with Crippen LogP contribution < -0.4 is 4.90 Å². The number of carbonyl (C=O) groups excluding carboxylic acids is 2. The van der Waals surface area contributed by atoms with Crippen LogP contribution in [0.1, 0.15) is 33.8 Å². The summed E-state index contributed by atoms with van der Waals surface area (Å²) in [7, 11) is -3.05. The van der Waals surface area contributed by atoms with Gasteiger partial charge in [-0.15, -0.1) is 0 Å². The molecule has 2 aromatic rings. The van der Waals surface area contributed by atoms with Crippen LogP contribution in [0, 0.1) is 6.92 Å². The number of aliphatic imine (C=N–C) groups is 1. The van der Waals surface area contributed by atoms with E-state index in [1.807, 2.05) is 19.1 Å². The Hall–Kier alpha value is -2.80. The van der Waals surface area contributed by atoms with E-state index in [9.17, 15) is 18.0 Å². The van der Waals surface area contributed by atoms with E-state index in [-0.39, 0.29) is 29.4 Å². The zero-order valence-electron chi connectivity index (χ0n) is 15.4. The van der Waals surface area contributed by atoms with Crippen molar-refractivity contribution in [2.45, 2.75) is 25.3 Å². The van der Waals surface area contributed by atoms with Crippen molar-refractivity contribution in [3.63, 3.8) is 0 Å². The Morgan fingerprint density at radius 3 is 2.46 bits per heavy atom. The maximum atomic E-state index is 13.2. The molecule has 0 N–H and O–H groups in total. The summed E-state index contributed by atoms with van der Waals surface area (Å²) in [5.41, 5.74) is 2.60. The molecule has 2 amide bonds. The second-order valence-electron chi connectivity index (χ2n) is 7.23. The molecule has 0 unspecified atom stereocenters. The van der Waals surface area contributed by atoms with Gasteiger partial charge in [-0.2, -0.15) is 0 Å². The van der Waals surface area contributed by atoms with Gasteiger partial charge in [0.2, 0.25) is 5.91 Å². The molecule has 0 saturated carbocycles. The molecule has 6 nitrogen and oxygen atoms in total. The smallest absolute Gasteiger partial charge is 0.265 e. The Morgan fingerprint density at radius 1 is 1.07 bits per heavy atom. The third-order valence-corrected chi connectivity index (χ3v) is 6.91. The number of rotatable bonds is 3. The molecule has 1 fully saturated rings. The van der Waals surface area contributed by atoms with E-state index in [0.717, 1.165) is 5.56 Å². The van der Waals surface area contributed by atoms with Crippen LogP contribution in [0.4, 0.5) is 5.69 Å². The quantitative estimate of drug-likeness (QED) is 0.590. The topological polar surface area (TPSA) is 83.9 Å². The van der Waals surface area contributed by atoms with Crippen LogP contribution >= 0.6 is 0 Å². The minimum Gasteiger partial charge on any atom is -0.292 e. The van der Waals surface area contributed by atoms with Gasteiger partial charge in [0.05, 0.1) is 29.2 Å². The number of fused-ring (bicyclic) bond motifs is 1. The summed E-state index contributed by atoms with van der Waals surface area (Å²) < 4.78 is 23.3. The third kappa shape index (κ3) is 3.38. The average Bonchev–Trinajstić information content (AvgIpc) is 3.02. The Labute approximate surface area is 163 Å². The molecule has 28 heavy (non-hydrogen) atoms. The van der Waals surface area contributed by atoms with Crippen molar-refractivity contribution >= 4 is 33.6 Å². The number of aryl methyl sites for hydroxylation is 1. The van der Waals surface area contributed by atoms with Crippen LogP contribution in [0.2, 0.25) is 0 Å². The SMILES string of the molecule is Cc1ccc(N2C(=O)c3ccccc3[C@@H](C=N[C@H]3CCS(=O)(=O)C3)C2=O)cc1. The number of hydrogen-bond acceptors (Lipinski definition) is 5. The van der Waals surface area contributed by atoms with Gasteiger partial charge in [-0.05, 0) is 37.1 Å². The predicted molar refractivity (Wildman–Crippen MR) is 108 cm³/mol. The summed E-state index contributed by atoms with van der Waals surface area (Å²) in [5.74, 6) is -1.33.